The Hall–Kier alpha value is -5.92. The fraction of sp³-hybridized carbons (Fsp3) is 0.170. The first-order valence-electron chi connectivity index (χ1n) is 19.8. The van der Waals surface area contributed by atoms with Gasteiger partial charge in [-0.25, -0.2) is 0 Å². The summed E-state index contributed by atoms with van der Waals surface area (Å²) in [6, 6.07) is 63.3. The van der Waals surface area contributed by atoms with Crippen LogP contribution in [0.15, 0.2) is 170 Å². The molecule has 0 atom stereocenters. The third-order valence-corrected chi connectivity index (χ3v) is 12.5. The van der Waals surface area contributed by atoms with Crippen LogP contribution in [0, 0.1) is 0 Å². The van der Waals surface area contributed by atoms with E-state index in [0.29, 0.717) is 5.92 Å². The first kappa shape index (κ1) is 32.7. The van der Waals surface area contributed by atoms with Gasteiger partial charge in [0.1, 0.15) is 0 Å². The van der Waals surface area contributed by atoms with Crippen molar-refractivity contribution in [3.63, 3.8) is 0 Å². The van der Waals surface area contributed by atoms with E-state index in [1.54, 1.807) is 5.56 Å². The molecule has 0 spiro atoms. The second-order valence-corrected chi connectivity index (χ2v) is 15.9. The van der Waals surface area contributed by atoms with Gasteiger partial charge in [-0.1, -0.05) is 173 Å². The molecular weight excluding hydrogens is 651 g/mol. The van der Waals surface area contributed by atoms with Crippen molar-refractivity contribution < 1.29 is 0 Å². The van der Waals surface area contributed by atoms with Gasteiger partial charge in [0, 0.05) is 22.2 Å². The van der Waals surface area contributed by atoms with Crippen molar-refractivity contribution in [2.75, 3.05) is 4.90 Å². The fourth-order valence-corrected chi connectivity index (χ4v) is 9.75. The Morgan fingerprint density at radius 1 is 0.463 bits per heavy atom. The maximum Gasteiger partial charge on any atom is 0.0540 e. The Kier molecular flexibility index (Phi) is 7.99. The molecule has 2 aliphatic rings. The van der Waals surface area contributed by atoms with Crippen LogP contribution < -0.4 is 4.90 Å². The van der Waals surface area contributed by atoms with Gasteiger partial charge in [-0.3, -0.25) is 0 Å². The molecule has 0 heterocycles. The quantitative estimate of drug-likeness (QED) is 0.167. The summed E-state index contributed by atoms with van der Waals surface area (Å²) in [6.07, 6.45) is 6.67. The van der Waals surface area contributed by atoms with Gasteiger partial charge >= 0.3 is 0 Å². The molecular formula is C53H45N. The molecule has 10 rings (SSSR count). The molecule has 1 fully saturated rings. The van der Waals surface area contributed by atoms with Crippen LogP contribution in [0.5, 0.6) is 0 Å². The minimum atomic E-state index is -0.0937. The highest BCUT2D eigenvalue weighted by molar-refractivity contribution is 6.05. The second-order valence-electron chi connectivity index (χ2n) is 15.9. The number of benzene rings is 8. The Balaban J connectivity index is 1.13. The number of fused-ring (bicyclic) bond motifs is 5. The third kappa shape index (κ3) is 5.37. The molecule has 0 aliphatic heterocycles. The molecule has 0 amide bonds. The van der Waals surface area contributed by atoms with Crippen molar-refractivity contribution in [3.05, 3.63) is 187 Å². The van der Waals surface area contributed by atoms with E-state index in [4.69, 9.17) is 0 Å². The number of anilines is 3. The Bertz CT molecular complexity index is 2650. The predicted molar refractivity (Wildman–Crippen MR) is 230 cm³/mol. The van der Waals surface area contributed by atoms with E-state index in [1.807, 2.05) is 0 Å². The van der Waals surface area contributed by atoms with Crippen molar-refractivity contribution in [1.82, 2.24) is 0 Å². The summed E-state index contributed by atoms with van der Waals surface area (Å²) < 4.78 is 0. The lowest BCUT2D eigenvalue weighted by Crippen LogP contribution is -2.17. The van der Waals surface area contributed by atoms with Gasteiger partial charge in [0.15, 0.2) is 0 Å². The SMILES string of the molecule is CC1(C)c2cc(N(c3ccc(-c4ccc5ccccc5c4-c4ccccc4)cc3)c3cccc4ccccc34)ccc2-c2c(C3CCCCC3)cccc21. The smallest absolute Gasteiger partial charge is 0.0540 e. The Morgan fingerprint density at radius 2 is 1.11 bits per heavy atom. The second kappa shape index (κ2) is 13.2. The van der Waals surface area contributed by atoms with E-state index in [2.05, 4.69) is 189 Å². The summed E-state index contributed by atoms with van der Waals surface area (Å²) in [5, 5.41) is 5.02. The van der Waals surface area contributed by atoms with Crippen LogP contribution in [-0.4, -0.2) is 0 Å². The van der Waals surface area contributed by atoms with Gasteiger partial charge in [-0.2, -0.15) is 0 Å². The maximum atomic E-state index is 2.49. The van der Waals surface area contributed by atoms with Crippen LogP contribution in [0.3, 0.4) is 0 Å². The zero-order valence-electron chi connectivity index (χ0n) is 31.2. The molecule has 1 saturated carbocycles. The summed E-state index contributed by atoms with van der Waals surface area (Å²) in [5.74, 6) is 0.658. The number of nitrogens with zero attached hydrogens (tertiary/aromatic N) is 1. The molecule has 0 radical (unpaired) electrons. The molecule has 0 saturated heterocycles. The lowest BCUT2D eigenvalue weighted by molar-refractivity contribution is 0.444. The van der Waals surface area contributed by atoms with Crippen molar-refractivity contribution in [3.8, 4) is 33.4 Å². The standard InChI is InChI=1S/C53H45N/c1-53(2)48-25-14-24-45(37-15-5-3-6-16-37)52(48)47-34-32-42(35-49(47)53)54(50-26-13-21-36-17-9-11-22-43(36)50)41-30-27-39(28-31-41)46-33-29-38-18-10-12-23-44(38)51(46)40-19-7-4-8-20-40/h4,7-14,17-35,37H,3,5-6,15-16H2,1-2H3. The molecule has 1 nitrogen and oxygen atoms in total. The summed E-state index contributed by atoms with van der Waals surface area (Å²) in [7, 11) is 0. The molecule has 2 aliphatic carbocycles. The zero-order valence-corrected chi connectivity index (χ0v) is 31.2. The van der Waals surface area contributed by atoms with Crippen LogP contribution in [0.1, 0.15) is 68.6 Å². The highest BCUT2D eigenvalue weighted by Gasteiger charge is 2.38. The molecule has 8 aromatic rings. The lowest BCUT2D eigenvalue weighted by atomic mass is 9.78. The van der Waals surface area contributed by atoms with E-state index in [0.717, 1.165) is 5.69 Å². The summed E-state index contributed by atoms with van der Waals surface area (Å²) in [4.78, 5) is 2.48. The number of hydrogen-bond donors (Lipinski definition) is 0. The fourth-order valence-electron chi connectivity index (χ4n) is 9.75. The van der Waals surface area contributed by atoms with E-state index < -0.39 is 0 Å². The zero-order chi connectivity index (χ0) is 36.2. The van der Waals surface area contributed by atoms with Crippen molar-refractivity contribution in [2.45, 2.75) is 57.3 Å². The van der Waals surface area contributed by atoms with Gasteiger partial charge in [-0.05, 0) is 115 Å². The van der Waals surface area contributed by atoms with E-state index in [1.165, 1.54) is 110 Å². The minimum Gasteiger partial charge on any atom is -0.310 e. The van der Waals surface area contributed by atoms with Gasteiger partial charge in [-0.15, -0.1) is 0 Å². The highest BCUT2D eigenvalue weighted by atomic mass is 15.1. The van der Waals surface area contributed by atoms with Crippen molar-refractivity contribution >= 4 is 38.6 Å². The minimum absolute atomic E-state index is 0.0937. The van der Waals surface area contributed by atoms with Gasteiger partial charge in [0.25, 0.3) is 0 Å². The number of hydrogen-bond acceptors (Lipinski definition) is 1. The molecule has 1 heteroatoms. The highest BCUT2D eigenvalue weighted by Crippen LogP contribution is 2.54. The first-order chi connectivity index (χ1) is 26.6. The summed E-state index contributed by atoms with van der Waals surface area (Å²) in [6.45, 7) is 4.86. The molecule has 0 bridgehead atoms. The van der Waals surface area contributed by atoms with Crippen LogP contribution in [0.25, 0.3) is 54.9 Å². The average molecular weight is 696 g/mol. The molecule has 54 heavy (non-hydrogen) atoms. The van der Waals surface area contributed by atoms with Gasteiger partial charge in [0.2, 0.25) is 0 Å². The monoisotopic (exact) mass is 695 g/mol. The normalized spacial score (nSPS) is 14.9. The molecule has 8 aromatic carbocycles. The third-order valence-electron chi connectivity index (χ3n) is 12.5. The molecule has 0 N–H and O–H groups in total. The van der Waals surface area contributed by atoms with Crippen LogP contribution in [0.4, 0.5) is 17.1 Å². The van der Waals surface area contributed by atoms with Crippen molar-refractivity contribution in [2.24, 2.45) is 0 Å². The Labute approximate surface area is 319 Å². The van der Waals surface area contributed by atoms with Crippen LogP contribution in [-0.2, 0) is 5.41 Å². The number of rotatable bonds is 6. The summed E-state index contributed by atoms with van der Waals surface area (Å²) in [5.41, 5.74) is 15.8. The van der Waals surface area contributed by atoms with E-state index >= 15 is 0 Å². The largest absolute Gasteiger partial charge is 0.310 e. The molecule has 262 valence electrons. The summed E-state index contributed by atoms with van der Waals surface area (Å²) >= 11 is 0. The van der Waals surface area contributed by atoms with Gasteiger partial charge in [0.05, 0.1) is 5.69 Å². The molecule has 0 aromatic heterocycles. The topological polar surface area (TPSA) is 3.24 Å². The van der Waals surface area contributed by atoms with Crippen LogP contribution in [0.2, 0.25) is 0 Å². The average Bonchev–Trinajstić information content (AvgIpc) is 3.47. The van der Waals surface area contributed by atoms with E-state index in [-0.39, 0.29) is 5.41 Å². The predicted octanol–water partition coefficient (Wildman–Crippen LogP) is 15.2. The van der Waals surface area contributed by atoms with Gasteiger partial charge < -0.3 is 4.90 Å². The lowest BCUT2D eigenvalue weighted by Gasteiger charge is -2.29. The molecule has 0 unspecified atom stereocenters. The first-order valence-corrected chi connectivity index (χ1v) is 19.8. The Morgan fingerprint density at radius 3 is 1.91 bits per heavy atom. The van der Waals surface area contributed by atoms with E-state index in [9.17, 15) is 0 Å². The van der Waals surface area contributed by atoms with Crippen LogP contribution >= 0.6 is 0 Å². The maximum absolute atomic E-state index is 2.49. The van der Waals surface area contributed by atoms with Crippen molar-refractivity contribution in [1.29, 1.82) is 0 Å².